The van der Waals surface area contributed by atoms with Gasteiger partial charge in [-0.2, -0.15) is 0 Å². The van der Waals surface area contributed by atoms with Crippen LogP contribution in [0.3, 0.4) is 0 Å². The molecule has 1 rings (SSSR count). The van der Waals surface area contributed by atoms with E-state index in [4.69, 9.17) is 10.2 Å². The molecular formula is C14H26N2O4. The van der Waals surface area contributed by atoms with Gasteiger partial charge in [-0.3, -0.25) is 4.79 Å². The molecule has 6 heteroatoms. The number of hydrogen-bond donors (Lipinski definition) is 3. The number of amides is 2. The standard InChI is InChI=1S/C14H26N2O4/c1-10(2)12(13(18)19)9-15-14(20)16(7-8-17)11-5-3-4-6-11/h10-12,17H,3-9H2,1-2H3,(H,15,20)(H,18,19). The van der Waals surface area contributed by atoms with Crippen LogP contribution in [0.2, 0.25) is 0 Å². The lowest BCUT2D eigenvalue weighted by molar-refractivity contribution is -0.142. The van der Waals surface area contributed by atoms with Gasteiger partial charge in [0.15, 0.2) is 0 Å². The second-order valence-corrected chi connectivity index (χ2v) is 5.73. The summed E-state index contributed by atoms with van der Waals surface area (Å²) < 4.78 is 0. The first-order valence-electron chi connectivity index (χ1n) is 7.35. The van der Waals surface area contributed by atoms with E-state index in [0.29, 0.717) is 6.54 Å². The Morgan fingerprint density at radius 1 is 1.30 bits per heavy atom. The third-order valence-corrected chi connectivity index (χ3v) is 3.96. The molecule has 0 aromatic carbocycles. The highest BCUT2D eigenvalue weighted by Crippen LogP contribution is 2.23. The molecule has 1 fully saturated rings. The molecular weight excluding hydrogens is 260 g/mol. The van der Waals surface area contributed by atoms with Gasteiger partial charge >= 0.3 is 12.0 Å². The minimum atomic E-state index is -0.894. The maximum atomic E-state index is 12.2. The van der Waals surface area contributed by atoms with Crippen LogP contribution in [-0.4, -0.2) is 52.9 Å². The summed E-state index contributed by atoms with van der Waals surface area (Å²) >= 11 is 0. The van der Waals surface area contributed by atoms with Crippen LogP contribution in [0.25, 0.3) is 0 Å². The Bertz CT molecular complexity index is 327. The Kier molecular flexibility index (Phi) is 6.78. The zero-order valence-corrected chi connectivity index (χ0v) is 12.3. The normalized spacial score (nSPS) is 17.2. The number of carbonyl (C=O) groups is 2. The fraction of sp³-hybridized carbons (Fsp3) is 0.857. The monoisotopic (exact) mass is 286 g/mol. The van der Waals surface area contributed by atoms with Crippen LogP contribution in [0.5, 0.6) is 0 Å². The van der Waals surface area contributed by atoms with E-state index in [0.717, 1.165) is 25.7 Å². The van der Waals surface area contributed by atoms with Crippen LogP contribution >= 0.6 is 0 Å². The van der Waals surface area contributed by atoms with Crippen molar-refractivity contribution in [3.05, 3.63) is 0 Å². The van der Waals surface area contributed by atoms with Gasteiger partial charge in [0, 0.05) is 19.1 Å². The molecule has 0 aromatic rings. The number of urea groups is 1. The SMILES string of the molecule is CC(C)C(CNC(=O)N(CCO)C1CCCC1)C(=O)O. The van der Waals surface area contributed by atoms with E-state index in [1.54, 1.807) is 4.90 Å². The topological polar surface area (TPSA) is 89.9 Å². The first kappa shape index (κ1) is 16.8. The molecule has 1 aliphatic rings. The average Bonchev–Trinajstić information content (AvgIpc) is 2.88. The molecule has 2 amide bonds. The van der Waals surface area contributed by atoms with Gasteiger partial charge in [0.05, 0.1) is 12.5 Å². The average molecular weight is 286 g/mol. The molecule has 0 aliphatic heterocycles. The fourth-order valence-electron chi connectivity index (χ4n) is 2.68. The van der Waals surface area contributed by atoms with Crippen LogP contribution < -0.4 is 5.32 Å². The highest BCUT2D eigenvalue weighted by molar-refractivity contribution is 5.76. The van der Waals surface area contributed by atoms with E-state index in [2.05, 4.69) is 5.32 Å². The van der Waals surface area contributed by atoms with E-state index in [-0.39, 0.29) is 31.1 Å². The molecule has 1 aliphatic carbocycles. The Labute approximate surface area is 120 Å². The third-order valence-electron chi connectivity index (χ3n) is 3.96. The van der Waals surface area contributed by atoms with Gasteiger partial charge in [0.1, 0.15) is 0 Å². The van der Waals surface area contributed by atoms with Gasteiger partial charge < -0.3 is 20.4 Å². The molecule has 116 valence electrons. The predicted octanol–water partition coefficient (Wildman–Crippen LogP) is 1.29. The minimum Gasteiger partial charge on any atom is -0.481 e. The van der Waals surface area contributed by atoms with Gasteiger partial charge in [-0.15, -0.1) is 0 Å². The van der Waals surface area contributed by atoms with Gasteiger partial charge in [0.25, 0.3) is 0 Å². The molecule has 20 heavy (non-hydrogen) atoms. The second kappa shape index (κ2) is 8.09. The first-order chi connectivity index (χ1) is 9.47. The van der Waals surface area contributed by atoms with Gasteiger partial charge in [-0.05, 0) is 18.8 Å². The predicted molar refractivity (Wildman–Crippen MR) is 75.4 cm³/mol. The molecule has 0 radical (unpaired) electrons. The van der Waals surface area contributed by atoms with Crippen molar-refractivity contribution in [2.24, 2.45) is 11.8 Å². The Balaban J connectivity index is 2.54. The largest absolute Gasteiger partial charge is 0.481 e. The molecule has 3 N–H and O–H groups in total. The molecule has 0 saturated heterocycles. The van der Waals surface area contributed by atoms with Crippen molar-refractivity contribution in [1.29, 1.82) is 0 Å². The van der Waals surface area contributed by atoms with Crippen LogP contribution in [-0.2, 0) is 4.79 Å². The number of nitrogens with one attached hydrogen (secondary N) is 1. The summed E-state index contributed by atoms with van der Waals surface area (Å²) in [5.74, 6) is -1.51. The number of hydrogen-bond acceptors (Lipinski definition) is 3. The highest BCUT2D eigenvalue weighted by atomic mass is 16.4. The number of rotatable bonds is 7. The van der Waals surface area contributed by atoms with E-state index in [9.17, 15) is 9.59 Å². The van der Waals surface area contributed by atoms with Crippen molar-refractivity contribution >= 4 is 12.0 Å². The lowest BCUT2D eigenvalue weighted by Gasteiger charge is -2.29. The summed E-state index contributed by atoms with van der Waals surface area (Å²) in [7, 11) is 0. The van der Waals surface area contributed by atoms with Crippen molar-refractivity contribution in [1.82, 2.24) is 10.2 Å². The second-order valence-electron chi connectivity index (χ2n) is 5.73. The quantitative estimate of drug-likeness (QED) is 0.658. The van der Waals surface area contributed by atoms with Crippen molar-refractivity contribution in [2.75, 3.05) is 19.7 Å². The number of aliphatic carboxylic acids is 1. The Morgan fingerprint density at radius 3 is 2.35 bits per heavy atom. The van der Waals surface area contributed by atoms with Crippen LogP contribution in [0.1, 0.15) is 39.5 Å². The summed E-state index contributed by atoms with van der Waals surface area (Å²) in [5, 5.41) is 20.9. The van der Waals surface area contributed by atoms with Crippen molar-refractivity contribution in [2.45, 2.75) is 45.6 Å². The van der Waals surface area contributed by atoms with Crippen LogP contribution in [0.4, 0.5) is 4.79 Å². The highest BCUT2D eigenvalue weighted by Gasteiger charge is 2.28. The zero-order valence-electron chi connectivity index (χ0n) is 12.3. The molecule has 1 unspecified atom stereocenters. The molecule has 6 nitrogen and oxygen atoms in total. The summed E-state index contributed by atoms with van der Waals surface area (Å²) in [5.41, 5.74) is 0. The maximum Gasteiger partial charge on any atom is 0.317 e. The Morgan fingerprint density at radius 2 is 1.90 bits per heavy atom. The summed E-state index contributed by atoms with van der Waals surface area (Å²) in [6.45, 7) is 4.01. The number of carbonyl (C=O) groups excluding carboxylic acids is 1. The van der Waals surface area contributed by atoms with Crippen molar-refractivity contribution < 1.29 is 19.8 Å². The number of carboxylic acids is 1. The molecule has 0 aromatic heterocycles. The minimum absolute atomic E-state index is 0.0365. The third kappa shape index (κ3) is 4.67. The van der Waals surface area contributed by atoms with Gasteiger partial charge in [0.2, 0.25) is 0 Å². The smallest absolute Gasteiger partial charge is 0.317 e. The van der Waals surface area contributed by atoms with Crippen LogP contribution in [0.15, 0.2) is 0 Å². The van der Waals surface area contributed by atoms with E-state index < -0.39 is 11.9 Å². The van der Waals surface area contributed by atoms with E-state index >= 15 is 0 Å². The van der Waals surface area contributed by atoms with Crippen LogP contribution in [0, 0.1) is 11.8 Å². The maximum absolute atomic E-state index is 12.2. The van der Waals surface area contributed by atoms with Crippen molar-refractivity contribution in [3.8, 4) is 0 Å². The number of aliphatic hydroxyl groups excluding tert-OH is 1. The number of aliphatic hydroxyl groups is 1. The number of nitrogens with zero attached hydrogens (tertiary/aromatic N) is 1. The first-order valence-corrected chi connectivity index (χ1v) is 7.35. The molecule has 1 atom stereocenters. The van der Waals surface area contributed by atoms with E-state index in [1.807, 2.05) is 13.8 Å². The van der Waals surface area contributed by atoms with Crippen molar-refractivity contribution in [3.63, 3.8) is 0 Å². The van der Waals surface area contributed by atoms with E-state index in [1.165, 1.54) is 0 Å². The zero-order chi connectivity index (χ0) is 15.1. The fourth-order valence-corrected chi connectivity index (χ4v) is 2.68. The summed E-state index contributed by atoms with van der Waals surface area (Å²) in [6.07, 6.45) is 4.12. The Hall–Kier alpha value is -1.30. The summed E-state index contributed by atoms with van der Waals surface area (Å²) in [6, 6.07) is -0.0951. The lowest BCUT2D eigenvalue weighted by atomic mass is 9.96. The molecule has 0 heterocycles. The summed E-state index contributed by atoms with van der Waals surface area (Å²) in [4.78, 5) is 24.9. The lowest BCUT2D eigenvalue weighted by Crippen LogP contribution is -2.48. The molecule has 0 bridgehead atoms. The number of carboxylic acid groups (broad SMARTS) is 1. The van der Waals surface area contributed by atoms with Gasteiger partial charge in [-0.25, -0.2) is 4.79 Å². The van der Waals surface area contributed by atoms with Gasteiger partial charge in [-0.1, -0.05) is 26.7 Å². The molecule has 1 saturated carbocycles. The molecule has 0 spiro atoms.